The van der Waals surface area contributed by atoms with Crippen LogP contribution < -0.4 is 14.8 Å². The maximum absolute atomic E-state index is 12.5. The Balaban J connectivity index is 1.59. The molecular weight excluding hydrogens is 372 g/mol. The Morgan fingerprint density at radius 2 is 1.76 bits per heavy atom. The van der Waals surface area contributed by atoms with Crippen molar-refractivity contribution >= 4 is 17.3 Å². The third-order valence-corrected chi connectivity index (χ3v) is 4.26. The van der Waals surface area contributed by atoms with Crippen molar-refractivity contribution in [2.45, 2.75) is 6.42 Å². The van der Waals surface area contributed by atoms with Gasteiger partial charge in [0.25, 0.3) is 11.6 Å². The largest absolute Gasteiger partial charge is 0.494 e. The predicted octanol–water partition coefficient (Wildman–Crippen LogP) is 4.48. The summed E-state index contributed by atoms with van der Waals surface area (Å²) in [6, 6.07) is 20.8. The molecule has 148 valence electrons. The quantitative estimate of drug-likeness (QED) is 0.451. The molecule has 0 fully saturated rings. The second-order valence-corrected chi connectivity index (χ2v) is 6.20. The van der Waals surface area contributed by atoms with E-state index in [0.717, 1.165) is 6.42 Å². The maximum Gasteiger partial charge on any atom is 0.273 e. The van der Waals surface area contributed by atoms with Crippen LogP contribution in [0.2, 0.25) is 0 Å². The molecule has 0 aliphatic rings. The van der Waals surface area contributed by atoms with Crippen molar-refractivity contribution in [3.63, 3.8) is 0 Å². The summed E-state index contributed by atoms with van der Waals surface area (Å²) in [5, 5.41) is 13.6. The highest BCUT2D eigenvalue weighted by Crippen LogP contribution is 2.29. The summed E-state index contributed by atoms with van der Waals surface area (Å²) in [7, 11) is 1.39. The minimum absolute atomic E-state index is 0.114. The molecule has 3 rings (SSSR count). The van der Waals surface area contributed by atoms with Gasteiger partial charge in [-0.1, -0.05) is 30.3 Å². The first kappa shape index (κ1) is 19.9. The Kier molecular flexibility index (Phi) is 6.42. The Hall–Kier alpha value is -3.87. The molecule has 0 bridgehead atoms. The normalized spacial score (nSPS) is 10.2. The SMILES string of the molecule is COc1cc([N+](=O)[O-])ccc1NC(=O)c1ccc(OCCc2ccccc2)cc1. The van der Waals surface area contributed by atoms with Crippen LogP contribution in [0.3, 0.4) is 0 Å². The average Bonchev–Trinajstić information content (AvgIpc) is 2.75. The van der Waals surface area contributed by atoms with Gasteiger partial charge >= 0.3 is 0 Å². The number of methoxy groups -OCH3 is 1. The van der Waals surface area contributed by atoms with Crippen LogP contribution in [-0.4, -0.2) is 24.5 Å². The van der Waals surface area contributed by atoms with E-state index in [2.05, 4.69) is 5.32 Å². The number of hydrogen-bond donors (Lipinski definition) is 1. The number of nitro groups is 1. The topological polar surface area (TPSA) is 90.7 Å². The lowest BCUT2D eigenvalue weighted by atomic mass is 10.1. The monoisotopic (exact) mass is 392 g/mol. The molecule has 7 nitrogen and oxygen atoms in total. The molecule has 1 N–H and O–H groups in total. The minimum atomic E-state index is -0.523. The van der Waals surface area contributed by atoms with Gasteiger partial charge in [0.2, 0.25) is 0 Å². The number of nitro benzene ring substituents is 1. The summed E-state index contributed by atoms with van der Waals surface area (Å²) >= 11 is 0. The van der Waals surface area contributed by atoms with Gasteiger partial charge in [-0.3, -0.25) is 14.9 Å². The molecule has 0 saturated heterocycles. The van der Waals surface area contributed by atoms with Crippen molar-refractivity contribution in [3.05, 3.63) is 94.0 Å². The van der Waals surface area contributed by atoms with Gasteiger partial charge in [-0.25, -0.2) is 0 Å². The van der Waals surface area contributed by atoms with Crippen molar-refractivity contribution in [3.8, 4) is 11.5 Å². The second-order valence-electron chi connectivity index (χ2n) is 6.20. The highest BCUT2D eigenvalue weighted by atomic mass is 16.6. The molecule has 0 radical (unpaired) electrons. The number of nitrogens with zero attached hydrogens (tertiary/aromatic N) is 1. The molecule has 1 amide bonds. The number of nitrogens with one attached hydrogen (secondary N) is 1. The number of benzene rings is 3. The number of amides is 1. The van der Waals surface area contributed by atoms with E-state index in [1.165, 1.54) is 30.9 Å². The summed E-state index contributed by atoms with van der Waals surface area (Å²) in [5.74, 6) is 0.534. The van der Waals surface area contributed by atoms with E-state index in [1.807, 2.05) is 30.3 Å². The fourth-order valence-electron chi connectivity index (χ4n) is 2.73. The fourth-order valence-corrected chi connectivity index (χ4v) is 2.73. The van der Waals surface area contributed by atoms with Gasteiger partial charge < -0.3 is 14.8 Å². The first-order valence-electron chi connectivity index (χ1n) is 8.97. The predicted molar refractivity (Wildman–Crippen MR) is 110 cm³/mol. The van der Waals surface area contributed by atoms with E-state index in [1.54, 1.807) is 24.3 Å². The van der Waals surface area contributed by atoms with Gasteiger partial charge in [-0.2, -0.15) is 0 Å². The zero-order valence-electron chi connectivity index (χ0n) is 15.8. The first-order valence-corrected chi connectivity index (χ1v) is 8.97. The Morgan fingerprint density at radius 1 is 1.03 bits per heavy atom. The number of carbonyl (C=O) groups excluding carboxylic acids is 1. The Morgan fingerprint density at radius 3 is 2.41 bits per heavy atom. The van der Waals surface area contributed by atoms with Crippen molar-refractivity contribution in [2.75, 3.05) is 19.0 Å². The van der Waals surface area contributed by atoms with Crippen molar-refractivity contribution in [2.24, 2.45) is 0 Å². The van der Waals surface area contributed by atoms with Crippen LogP contribution in [0.1, 0.15) is 15.9 Å². The van der Waals surface area contributed by atoms with Crippen LogP contribution in [0.25, 0.3) is 0 Å². The summed E-state index contributed by atoms with van der Waals surface area (Å²) in [4.78, 5) is 22.8. The van der Waals surface area contributed by atoms with Gasteiger partial charge in [0.15, 0.2) is 0 Å². The van der Waals surface area contributed by atoms with E-state index in [9.17, 15) is 14.9 Å². The van der Waals surface area contributed by atoms with Crippen LogP contribution in [0.15, 0.2) is 72.8 Å². The van der Waals surface area contributed by atoms with Gasteiger partial charge in [0.05, 0.1) is 30.4 Å². The van der Waals surface area contributed by atoms with Gasteiger partial charge in [-0.05, 0) is 35.9 Å². The Labute approximate surface area is 168 Å². The molecule has 0 aliphatic carbocycles. The van der Waals surface area contributed by atoms with Crippen LogP contribution in [0.5, 0.6) is 11.5 Å². The van der Waals surface area contributed by atoms with Crippen LogP contribution in [-0.2, 0) is 6.42 Å². The molecule has 0 unspecified atom stereocenters. The average molecular weight is 392 g/mol. The lowest BCUT2D eigenvalue weighted by molar-refractivity contribution is -0.384. The number of ether oxygens (including phenoxy) is 2. The van der Waals surface area contributed by atoms with Gasteiger partial charge in [-0.15, -0.1) is 0 Å². The lowest BCUT2D eigenvalue weighted by Gasteiger charge is -2.11. The summed E-state index contributed by atoms with van der Waals surface area (Å²) in [6.45, 7) is 0.537. The highest BCUT2D eigenvalue weighted by Gasteiger charge is 2.14. The number of hydrogen-bond acceptors (Lipinski definition) is 5. The van der Waals surface area contributed by atoms with Gasteiger partial charge in [0.1, 0.15) is 11.5 Å². The van der Waals surface area contributed by atoms with Crippen LogP contribution in [0.4, 0.5) is 11.4 Å². The highest BCUT2D eigenvalue weighted by molar-refractivity contribution is 6.05. The summed E-state index contributed by atoms with van der Waals surface area (Å²) in [5.41, 5.74) is 1.87. The molecule has 0 spiro atoms. The molecule has 29 heavy (non-hydrogen) atoms. The molecule has 0 heterocycles. The van der Waals surface area contributed by atoms with E-state index >= 15 is 0 Å². The third-order valence-electron chi connectivity index (χ3n) is 4.26. The molecule has 0 aromatic heterocycles. The second kappa shape index (κ2) is 9.36. The van der Waals surface area contributed by atoms with Gasteiger partial charge in [0, 0.05) is 18.1 Å². The maximum atomic E-state index is 12.5. The van der Waals surface area contributed by atoms with Crippen LogP contribution >= 0.6 is 0 Å². The Bertz CT molecular complexity index is 988. The molecule has 0 atom stereocenters. The molecule has 0 saturated carbocycles. The fraction of sp³-hybridized carbons (Fsp3) is 0.136. The zero-order valence-corrected chi connectivity index (χ0v) is 15.8. The zero-order chi connectivity index (χ0) is 20.6. The number of carbonyl (C=O) groups is 1. The number of non-ortho nitro benzene ring substituents is 1. The standard InChI is InChI=1S/C22H20N2O5/c1-28-21-15-18(24(26)27)9-12-20(21)23-22(25)17-7-10-19(11-8-17)29-14-13-16-5-3-2-4-6-16/h2-12,15H,13-14H2,1H3,(H,23,25). The molecule has 3 aromatic rings. The number of rotatable bonds is 8. The molecule has 3 aromatic carbocycles. The van der Waals surface area contributed by atoms with Crippen molar-refractivity contribution in [1.29, 1.82) is 0 Å². The summed E-state index contributed by atoms with van der Waals surface area (Å²) in [6.07, 6.45) is 0.795. The third kappa shape index (κ3) is 5.32. The smallest absolute Gasteiger partial charge is 0.273 e. The van der Waals surface area contributed by atoms with E-state index in [0.29, 0.717) is 23.6 Å². The van der Waals surface area contributed by atoms with Crippen molar-refractivity contribution < 1.29 is 19.2 Å². The lowest BCUT2D eigenvalue weighted by Crippen LogP contribution is -2.12. The minimum Gasteiger partial charge on any atom is -0.494 e. The molecule has 7 heteroatoms. The van der Waals surface area contributed by atoms with E-state index in [-0.39, 0.29) is 17.3 Å². The number of anilines is 1. The summed E-state index contributed by atoms with van der Waals surface area (Å²) < 4.78 is 10.9. The van der Waals surface area contributed by atoms with E-state index < -0.39 is 4.92 Å². The molecular formula is C22H20N2O5. The van der Waals surface area contributed by atoms with Crippen LogP contribution in [0, 0.1) is 10.1 Å². The molecule has 0 aliphatic heterocycles. The van der Waals surface area contributed by atoms with Crippen molar-refractivity contribution in [1.82, 2.24) is 0 Å². The van der Waals surface area contributed by atoms with E-state index in [4.69, 9.17) is 9.47 Å². The first-order chi connectivity index (χ1) is 14.1.